The van der Waals surface area contributed by atoms with E-state index in [1.807, 2.05) is 13.0 Å². The number of rotatable bonds is 5. The molecule has 0 aliphatic carbocycles. The Morgan fingerprint density at radius 1 is 1.10 bits per heavy atom. The molecule has 3 rings (SSSR count). The fourth-order valence-electron chi connectivity index (χ4n) is 2.44. The van der Waals surface area contributed by atoms with Crippen LogP contribution >= 0.6 is 33.4 Å². The molecule has 1 amide bonds. The third-order valence-corrected chi connectivity index (χ3v) is 6.11. The van der Waals surface area contributed by atoms with Crippen molar-refractivity contribution in [3.05, 3.63) is 84.3 Å². The van der Waals surface area contributed by atoms with Crippen molar-refractivity contribution in [2.24, 2.45) is 14.6 Å². The number of aryl methyl sites for hydroxylation is 1. The highest BCUT2D eigenvalue weighted by molar-refractivity contribution is 8.78. The van der Waals surface area contributed by atoms with E-state index in [4.69, 9.17) is 11.6 Å². The number of carbonyl (C=O) groups excluding carboxylic acids is 1. The van der Waals surface area contributed by atoms with E-state index in [9.17, 15) is 25.0 Å². The molecule has 2 aromatic carbocycles. The van der Waals surface area contributed by atoms with Crippen molar-refractivity contribution in [1.29, 1.82) is 0 Å². The fourth-order valence-corrected chi connectivity index (χ4v) is 4.71. The highest BCUT2D eigenvalue weighted by Crippen LogP contribution is 2.46. The summed E-state index contributed by atoms with van der Waals surface area (Å²) in [5.41, 5.74) is -0.0643. The van der Waals surface area contributed by atoms with E-state index < -0.39 is 27.1 Å². The Bertz CT molecular complexity index is 1160. The Morgan fingerprint density at radius 2 is 1.87 bits per heavy atom. The Kier molecular flexibility index (Phi) is 6.59. The normalized spacial score (nSPS) is 15.2. The summed E-state index contributed by atoms with van der Waals surface area (Å²) < 4.78 is 3.92. The third kappa shape index (κ3) is 4.72. The maximum absolute atomic E-state index is 12.4. The number of nitrogens with zero attached hydrogens (tertiary/aromatic N) is 5. The van der Waals surface area contributed by atoms with Crippen molar-refractivity contribution in [3.8, 4) is 0 Å². The summed E-state index contributed by atoms with van der Waals surface area (Å²) >= 11 is 6.08. The summed E-state index contributed by atoms with van der Waals surface area (Å²) in [6.07, 6.45) is 0. The number of hydrogen-bond donors (Lipinski definition) is 0. The van der Waals surface area contributed by atoms with Crippen molar-refractivity contribution >= 4 is 61.5 Å². The molecule has 0 saturated carbocycles. The van der Waals surface area contributed by atoms with Gasteiger partial charge in [-0.25, -0.2) is 0 Å². The third-order valence-electron chi connectivity index (χ3n) is 3.79. The summed E-state index contributed by atoms with van der Waals surface area (Å²) in [5.74, 6) is -0.662. The van der Waals surface area contributed by atoms with Crippen molar-refractivity contribution in [1.82, 2.24) is 0 Å². The molecular weight excluding hydrogens is 454 g/mol. The Morgan fingerprint density at radius 3 is 2.47 bits per heavy atom. The van der Waals surface area contributed by atoms with Crippen LogP contribution in [-0.4, -0.2) is 20.9 Å². The summed E-state index contributed by atoms with van der Waals surface area (Å²) in [6, 6.07) is 9.75. The minimum atomic E-state index is -0.779. The van der Waals surface area contributed by atoms with Crippen LogP contribution in [0.1, 0.15) is 21.5 Å². The maximum Gasteiger partial charge on any atom is 0.295 e. The number of benzene rings is 2. The molecule has 0 N–H and O–H groups in total. The molecule has 0 bridgehead atoms. The Balaban J connectivity index is 2.12. The lowest BCUT2D eigenvalue weighted by Gasteiger charge is -2.06. The maximum atomic E-state index is 12.4. The predicted octanol–water partition coefficient (Wildman–Crippen LogP) is 5.72. The zero-order valence-corrected chi connectivity index (χ0v) is 17.4. The average molecular weight is 464 g/mol. The van der Waals surface area contributed by atoms with Crippen LogP contribution in [0.25, 0.3) is 5.70 Å². The first-order valence-electron chi connectivity index (χ1n) is 8.05. The molecule has 0 atom stereocenters. The number of nitro groups is 2. The SMILES string of the molecule is Cc1cccc(C(=O)N=N/C(=C2\SSN=C2Cl)c2ccc([N+](=O)[O-])cc2[N+](=O)[O-])c1. The van der Waals surface area contributed by atoms with Crippen LogP contribution in [0, 0.1) is 27.2 Å². The molecule has 13 heteroatoms. The zero-order valence-electron chi connectivity index (χ0n) is 15.0. The molecular formula is C17H10ClN5O5S2. The van der Waals surface area contributed by atoms with Gasteiger partial charge in [0.15, 0.2) is 5.17 Å². The molecule has 0 aromatic heterocycles. The second-order valence-electron chi connectivity index (χ2n) is 5.81. The minimum Gasteiger partial charge on any atom is -0.265 e. The van der Waals surface area contributed by atoms with Crippen LogP contribution in [0.5, 0.6) is 0 Å². The van der Waals surface area contributed by atoms with E-state index in [0.29, 0.717) is 0 Å². The number of halogens is 1. The number of hydrogen-bond acceptors (Lipinski definition) is 9. The molecule has 2 aromatic rings. The van der Waals surface area contributed by atoms with Crippen LogP contribution in [-0.2, 0) is 0 Å². The van der Waals surface area contributed by atoms with Crippen molar-refractivity contribution < 1.29 is 14.6 Å². The van der Waals surface area contributed by atoms with Gasteiger partial charge in [-0.05, 0) is 35.9 Å². The number of azo groups is 1. The Hall–Kier alpha value is -3.09. The van der Waals surface area contributed by atoms with Gasteiger partial charge in [0.05, 0.1) is 37.4 Å². The van der Waals surface area contributed by atoms with Gasteiger partial charge in [-0.15, -0.1) is 10.2 Å². The second-order valence-corrected chi connectivity index (χ2v) is 8.02. The first-order chi connectivity index (χ1) is 14.3. The van der Waals surface area contributed by atoms with Gasteiger partial charge in [0.1, 0.15) is 5.70 Å². The van der Waals surface area contributed by atoms with Gasteiger partial charge >= 0.3 is 0 Å². The first kappa shape index (κ1) is 21.6. The van der Waals surface area contributed by atoms with E-state index in [0.717, 1.165) is 39.5 Å². The molecule has 0 saturated heterocycles. The fraction of sp³-hybridized carbons (Fsp3) is 0.0588. The highest BCUT2D eigenvalue weighted by atomic mass is 35.5. The minimum absolute atomic E-state index is 0.0228. The van der Waals surface area contributed by atoms with E-state index in [1.54, 1.807) is 18.2 Å². The number of amides is 1. The largest absolute Gasteiger partial charge is 0.295 e. The number of allylic oxidation sites excluding steroid dienone is 1. The molecule has 0 spiro atoms. The highest BCUT2D eigenvalue weighted by Gasteiger charge is 2.28. The monoisotopic (exact) mass is 463 g/mol. The van der Waals surface area contributed by atoms with Crippen molar-refractivity contribution in [2.75, 3.05) is 0 Å². The molecule has 152 valence electrons. The van der Waals surface area contributed by atoms with Crippen LogP contribution in [0.3, 0.4) is 0 Å². The molecule has 30 heavy (non-hydrogen) atoms. The second kappa shape index (κ2) is 9.15. The first-order valence-corrected chi connectivity index (χ1v) is 10.5. The molecule has 1 heterocycles. The number of carbonyl (C=O) groups is 1. The quantitative estimate of drug-likeness (QED) is 0.181. The summed E-state index contributed by atoms with van der Waals surface area (Å²) in [4.78, 5) is 33.7. The van der Waals surface area contributed by atoms with Gasteiger partial charge in [-0.3, -0.25) is 25.0 Å². The standard InChI is InChI=1S/C17H10ClN5O5S2/c1-9-3-2-4-10(7-9)17(24)20-19-14(15-16(18)21-30-29-15)12-6-5-11(22(25)26)8-13(12)23(27)28/h2-8H,1H3/b15-14-,20-19?. The van der Waals surface area contributed by atoms with Crippen LogP contribution in [0.4, 0.5) is 11.4 Å². The van der Waals surface area contributed by atoms with Crippen LogP contribution < -0.4 is 0 Å². The smallest absolute Gasteiger partial charge is 0.265 e. The topological polar surface area (TPSA) is 140 Å². The molecule has 0 unspecified atom stereocenters. The van der Waals surface area contributed by atoms with Gasteiger partial charge in [0.2, 0.25) is 0 Å². The lowest BCUT2D eigenvalue weighted by atomic mass is 10.1. The van der Waals surface area contributed by atoms with E-state index >= 15 is 0 Å². The average Bonchev–Trinajstić information content (AvgIpc) is 3.13. The van der Waals surface area contributed by atoms with Gasteiger partial charge in [0, 0.05) is 11.6 Å². The van der Waals surface area contributed by atoms with Crippen molar-refractivity contribution in [3.63, 3.8) is 0 Å². The molecule has 1 aliphatic heterocycles. The zero-order chi connectivity index (χ0) is 21.8. The number of nitro benzene ring substituents is 2. The molecule has 0 fully saturated rings. The lowest BCUT2D eigenvalue weighted by molar-refractivity contribution is -0.394. The predicted molar refractivity (Wildman–Crippen MR) is 116 cm³/mol. The number of non-ortho nitro benzene ring substituents is 1. The molecule has 0 radical (unpaired) electrons. The molecule has 1 aliphatic rings. The van der Waals surface area contributed by atoms with E-state index in [-0.39, 0.29) is 26.9 Å². The molecule has 10 nitrogen and oxygen atoms in total. The summed E-state index contributed by atoms with van der Waals surface area (Å²) in [6.45, 7) is 1.81. The van der Waals surface area contributed by atoms with Crippen LogP contribution in [0.2, 0.25) is 0 Å². The Labute approximate surface area is 182 Å². The van der Waals surface area contributed by atoms with Gasteiger partial charge in [0.25, 0.3) is 17.3 Å². The van der Waals surface area contributed by atoms with Gasteiger partial charge in [-0.1, -0.05) is 29.3 Å². The van der Waals surface area contributed by atoms with E-state index in [2.05, 4.69) is 14.6 Å². The van der Waals surface area contributed by atoms with Crippen LogP contribution in [0.15, 0.2) is 62.0 Å². The van der Waals surface area contributed by atoms with Gasteiger partial charge in [-0.2, -0.15) is 4.40 Å². The summed E-state index contributed by atoms with van der Waals surface area (Å²) in [7, 11) is 2.09. The van der Waals surface area contributed by atoms with Gasteiger partial charge < -0.3 is 0 Å². The summed E-state index contributed by atoms with van der Waals surface area (Å²) in [5, 5.41) is 30.2. The lowest BCUT2D eigenvalue weighted by Crippen LogP contribution is -2.00. The van der Waals surface area contributed by atoms with E-state index in [1.165, 1.54) is 6.07 Å². The van der Waals surface area contributed by atoms with Crippen molar-refractivity contribution in [2.45, 2.75) is 6.92 Å².